The van der Waals surface area contributed by atoms with Gasteiger partial charge in [-0.15, -0.1) is 0 Å². The van der Waals surface area contributed by atoms with Gasteiger partial charge >= 0.3 is 0 Å². The van der Waals surface area contributed by atoms with Crippen molar-refractivity contribution >= 4 is 6.08 Å². The third-order valence-electron chi connectivity index (χ3n) is 4.83. The number of likely N-dealkylation sites (N-methyl/N-ethyl adjacent to an activating group) is 2. The average molecular weight is 324 g/mol. The van der Waals surface area contributed by atoms with Gasteiger partial charge in [-0.25, -0.2) is 0 Å². The largest absolute Gasteiger partial charge is 0.292 e. The van der Waals surface area contributed by atoms with Crippen molar-refractivity contribution in [3.63, 3.8) is 0 Å². The van der Waals surface area contributed by atoms with E-state index in [1.807, 2.05) is 13.8 Å². The van der Waals surface area contributed by atoms with Gasteiger partial charge in [0.25, 0.3) is 0 Å². The van der Waals surface area contributed by atoms with E-state index in [-0.39, 0.29) is 6.04 Å². The summed E-state index contributed by atoms with van der Waals surface area (Å²) in [5.74, 6) is 0. The summed E-state index contributed by atoms with van der Waals surface area (Å²) in [5, 5.41) is 20.1. The zero-order valence-electron chi connectivity index (χ0n) is 14.8. The highest BCUT2D eigenvalue weighted by Crippen LogP contribution is 2.45. The normalized spacial score (nSPS) is 22.7. The molecule has 2 unspecified atom stereocenters. The van der Waals surface area contributed by atoms with E-state index in [4.69, 9.17) is 0 Å². The molecule has 1 aliphatic carbocycles. The molecular formula is C18H24N6. The Morgan fingerprint density at radius 2 is 1.67 bits per heavy atom. The Morgan fingerprint density at radius 3 is 2.17 bits per heavy atom. The summed E-state index contributed by atoms with van der Waals surface area (Å²) in [6.45, 7) is 11.0. The Hall–Kier alpha value is -2.28. The van der Waals surface area contributed by atoms with Gasteiger partial charge in [-0.05, 0) is 32.3 Å². The maximum absolute atomic E-state index is 10.3. The minimum Gasteiger partial charge on any atom is -0.292 e. The molecule has 1 aliphatic rings. The smallest absolute Gasteiger partial charge is 0.166 e. The molecule has 0 radical (unpaired) electrons. The van der Waals surface area contributed by atoms with Crippen molar-refractivity contribution in [2.24, 2.45) is 0 Å². The first-order chi connectivity index (χ1) is 11.6. The molecule has 126 valence electrons. The quantitative estimate of drug-likeness (QED) is 0.799. The second-order valence-electron chi connectivity index (χ2n) is 5.67. The maximum Gasteiger partial charge on any atom is 0.166 e. The minimum absolute atomic E-state index is 0.319. The Bertz CT molecular complexity index is 690. The molecule has 1 aromatic heterocycles. The molecule has 6 heteroatoms. The molecule has 0 bridgehead atoms. The summed E-state index contributed by atoms with van der Waals surface area (Å²) in [6, 6.07) is 4.44. The van der Waals surface area contributed by atoms with Gasteiger partial charge in [0.1, 0.15) is 0 Å². The lowest BCUT2D eigenvalue weighted by Gasteiger charge is -2.48. The number of aromatic nitrogens is 2. The molecule has 24 heavy (non-hydrogen) atoms. The molecule has 0 N–H and O–H groups in total. The monoisotopic (exact) mass is 324 g/mol. The first kappa shape index (κ1) is 18.1. The van der Waals surface area contributed by atoms with Crippen molar-refractivity contribution in [2.45, 2.75) is 39.3 Å². The van der Waals surface area contributed by atoms with E-state index in [1.165, 1.54) is 0 Å². The van der Waals surface area contributed by atoms with Gasteiger partial charge in [0, 0.05) is 12.4 Å². The summed E-state index contributed by atoms with van der Waals surface area (Å²) in [5.41, 5.74) is 0.851. The molecule has 1 heterocycles. The highest BCUT2D eigenvalue weighted by Gasteiger charge is 2.53. The Labute approximate surface area is 144 Å². The first-order valence-corrected chi connectivity index (χ1v) is 8.47. The van der Waals surface area contributed by atoms with Crippen molar-refractivity contribution in [3.8, 4) is 12.1 Å². The van der Waals surface area contributed by atoms with E-state index in [9.17, 15) is 10.5 Å². The summed E-state index contributed by atoms with van der Waals surface area (Å²) in [7, 11) is 0. The molecular weight excluding hydrogens is 300 g/mol. The zero-order chi connectivity index (χ0) is 17.7. The van der Waals surface area contributed by atoms with Crippen LogP contribution >= 0.6 is 0 Å². The van der Waals surface area contributed by atoms with Crippen LogP contribution in [0.5, 0.6) is 0 Å². The lowest BCUT2D eigenvalue weighted by molar-refractivity contribution is 0.0634. The van der Waals surface area contributed by atoms with E-state index in [0.717, 1.165) is 18.8 Å². The van der Waals surface area contributed by atoms with Gasteiger partial charge < -0.3 is 0 Å². The number of hydrogen-bond acceptors (Lipinski definition) is 6. The van der Waals surface area contributed by atoms with E-state index in [2.05, 4.69) is 45.8 Å². The van der Waals surface area contributed by atoms with Crippen molar-refractivity contribution < 1.29 is 0 Å². The molecule has 0 amide bonds. The van der Waals surface area contributed by atoms with Crippen LogP contribution < -0.4 is 0 Å². The second-order valence-corrected chi connectivity index (χ2v) is 5.67. The van der Waals surface area contributed by atoms with Crippen molar-refractivity contribution in [1.29, 1.82) is 10.5 Å². The highest BCUT2D eigenvalue weighted by atomic mass is 15.3. The predicted molar refractivity (Wildman–Crippen MR) is 92.5 cm³/mol. The van der Waals surface area contributed by atoms with Gasteiger partial charge in [-0.3, -0.25) is 19.8 Å². The molecule has 0 aromatic carbocycles. The van der Waals surface area contributed by atoms with E-state index in [0.29, 0.717) is 24.4 Å². The molecule has 0 saturated heterocycles. The average Bonchev–Trinajstić information content (AvgIpc) is 2.63. The topological polar surface area (TPSA) is 79.8 Å². The molecule has 2 atom stereocenters. The first-order valence-electron chi connectivity index (χ1n) is 8.47. The third-order valence-corrected chi connectivity index (χ3v) is 4.83. The van der Waals surface area contributed by atoms with E-state index < -0.39 is 5.54 Å². The molecule has 0 spiro atoms. The van der Waals surface area contributed by atoms with Crippen LogP contribution in [-0.4, -0.2) is 51.5 Å². The van der Waals surface area contributed by atoms with Crippen LogP contribution in [0.15, 0.2) is 18.0 Å². The van der Waals surface area contributed by atoms with Gasteiger partial charge in [0.15, 0.2) is 5.54 Å². The fourth-order valence-corrected chi connectivity index (χ4v) is 3.67. The second kappa shape index (κ2) is 7.53. The van der Waals surface area contributed by atoms with E-state index in [1.54, 1.807) is 18.5 Å². The summed E-state index contributed by atoms with van der Waals surface area (Å²) in [4.78, 5) is 13.2. The lowest BCUT2D eigenvalue weighted by atomic mass is 9.75. The van der Waals surface area contributed by atoms with Gasteiger partial charge in [-0.1, -0.05) is 27.7 Å². The van der Waals surface area contributed by atoms with E-state index >= 15 is 0 Å². The van der Waals surface area contributed by atoms with Crippen LogP contribution in [0.25, 0.3) is 6.08 Å². The third kappa shape index (κ3) is 2.58. The molecule has 6 nitrogen and oxygen atoms in total. The van der Waals surface area contributed by atoms with Crippen molar-refractivity contribution in [1.82, 2.24) is 19.8 Å². The summed E-state index contributed by atoms with van der Waals surface area (Å²) >= 11 is 0. The summed E-state index contributed by atoms with van der Waals surface area (Å²) in [6.07, 6.45) is 5.01. The summed E-state index contributed by atoms with van der Waals surface area (Å²) < 4.78 is 0. The van der Waals surface area contributed by atoms with Crippen LogP contribution in [0.1, 0.15) is 45.1 Å². The van der Waals surface area contributed by atoms with Crippen molar-refractivity contribution in [3.05, 3.63) is 29.4 Å². The van der Waals surface area contributed by atoms with Crippen LogP contribution in [0.4, 0.5) is 0 Å². The predicted octanol–water partition coefficient (Wildman–Crippen LogP) is 2.38. The fraction of sp³-hybridized carbons (Fsp3) is 0.556. The van der Waals surface area contributed by atoms with Crippen LogP contribution in [0, 0.1) is 22.7 Å². The number of rotatable bonds is 6. The number of hydrogen-bond donors (Lipinski definition) is 0. The highest BCUT2D eigenvalue weighted by molar-refractivity contribution is 5.67. The van der Waals surface area contributed by atoms with Crippen LogP contribution in [0.2, 0.25) is 0 Å². The lowest BCUT2D eigenvalue weighted by Crippen LogP contribution is -2.59. The molecule has 0 fully saturated rings. The number of nitriles is 2. The Balaban J connectivity index is 2.83. The Morgan fingerprint density at radius 1 is 1.04 bits per heavy atom. The van der Waals surface area contributed by atoms with Crippen LogP contribution in [0.3, 0.4) is 0 Å². The molecule has 0 aliphatic heterocycles. The van der Waals surface area contributed by atoms with Crippen LogP contribution in [-0.2, 0) is 0 Å². The minimum atomic E-state index is -1.05. The molecule has 1 aromatic rings. The van der Waals surface area contributed by atoms with Crippen molar-refractivity contribution in [2.75, 3.05) is 26.2 Å². The number of fused-ring (bicyclic) bond motifs is 1. The maximum atomic E-state index is 10.3. The SMILES string of the molecule is CCN(CC)C1c2nccnc2C=C(C#N)C1(C#N)N(CC)CC. The Kier molecular flexibility index (Phi) is 5.66. The molecule has 0 saturated carbocycles. The van der Waals surface area contributed by atoms with Gasteiger partial charge in [0.05, 0.1) is 35.1 Å². The zero-order valence-corrected chi connectivity index (χ0v) is 14.8. The van der Waals surface area contributed by atoms with Gasteiger partial charge in [0.2, 0.25) is 0 Å². The fourth-order valence-electron chi connectivity index (χ4n) is 3.67. The standard InChI is InChI=1S/C18H24N6/c1-5-23(6-2)17-16-15(21-9-10-22-16)11-14(12-19)18(17,13-20)24(7-3)8-4/h9-11,17H,5-8H2,1-4H3. The number of nitrogens with zero attached hydrogens (tertiary/aromatic N) is 6. The van der Waals surface area contributed by atoms with Gasteiger partial charge in [-0.2, -0.15) is 10.5 Å². The molecule has 2 rings (SSSR count).